The van der Waals surface area contributed by atoms with Gasteiger partial charge < -0.3 is 5.11 Å². The van der Waals surface area contributed by atoms with Crippen LogP contribution < -0.4 is 4.72 Å². The molecule has 1 atom stereocenters. The number of carboxylic acid groups (broad SMARTS) is 1. The summed E-state index contributed by atoms with van der Waals surface area (Å²) < 4.78 is 27.6. The zero-order valence-corrected chi connectivity index (χ0v) is 13.1. The highest BCUT2D eigenvalue weighted by atomic mass is 32.2. The average Bonchev–Trinajstić information content (AvgIpc) is 2.99. The van der Waals surface area contributed by atoms with Crippen molar-refractivity contribution < 1.29 is 18.3 Å². The molecular formula is C12H21N5O4S. The molecule has 0 aromatic carbocycles. The SMILES string of the molecule is O=C(O)[C@H](CC1CCCCC1)NS(=O)(=O)CCn1cnnn1. The van der Waals surface area contributed by atoms with Crippen molar-refractivity contribution >= 4 is 16.0 Å². The van der Waals surface area contributed by atoms with Crippen LogP contribution in [0.5, 0.6) is 0 Å². The summed E-state index contributed by atoms with van der Waals surface area (Å²) in [6.45, 7) is 0.0814. The van der Waals surface area contributed by atoms with E-state index in [0.717, 1.165) is 25.7 Å². The monoisotopic (exact) mass is 331 g/mol. The summed E-state index contributed by atoms with van der Waals surface area (Å²) in [6.07, 6.45) is 6.94. The van der Waals surface area contributed by atoms with Gasteiger partial charge in [0.25, 0.3) is 0 Å². The number of hydrogen-bond acceptors (Lipinski definition) is 6. The molecule has 0 saturated heterocycles. The van der Waals surface area contributed by atoms with E-state index in [-0.39, 0.29) is 18.2 Å². The van der Waals surface area contributed by atoms with Gasteiger partial charge in [0, 0.05) is 0 Å². The predicted octanol–water partition coefficient (Wildman–Crippen LogP) is 0.0161. The van der Waals surface area contributed by atoms with Crippen molar-refractivity contribution in [2.45, 2.75) is 51.1 Å². The van der Waals surface area contributed by atoms with Crippen LogP contribution in [0.15, 0.2) is 6.33 Å². The minimum absolute atomic E-state index is 0.0814. The Morgan fingerprint density at radius 3 is 2.68 bits per heavy atom. The van der Waals surface area contributed by atoms with Gasteiger partial charge in [0.15, 0.2) is 0 Å². The number of aromatic nitrogens is 4. The molecule has 10 heteroatoms. The maximum Gasteiger partial charge on any atom is 0.321 e. The molecule has 1 aliphatic rings. The van der Waals surface area contributed by atoms with Crippen LogP contribution in [-0.2, 0) is 21.4 Å². The molecular weight excluding hydrogens is 310 g/mol. The molecule has 2 N–H and O–H groups in total. The van der Waals surface area contributed by atoms with Gasteiger partial charge in [0.1, 0.15) is 12.4 Å². The zero-order valence-electron chi connectivity index (χ0n) is 12.3. The molecule has 1 aromatic heterocycles. The Labute approximate surface area is 129 Å². The van der Waals surface area contributed by atoms with Crippen molar-refractivity contribution in [2.75, 3.05) is 5.75 Å². The molecule has 0 aliphatic heterocycles. The first-order valence-corrected chi connectivity index (χ1v) is 9.05. The third kappa shape index (κ3) is 5.34. The Balaban J connectivity index is 1.89. The van der Waals surface area contributed by atoms with Crippen LogP contribution in [0, 0.1) is 5.92 Å². The summed E-state index contributed by atoms with van der Waals surface area (Å²) in [4.78, 5) is 11.3. The summed E-state index contributed by atoms with van der Waals surface area (Å²) in [5.41, 5.74) is 0. The van der Waals surface area contributed by atoms with E-state index in [1.807, 2.05) is 0 Å². The van der Waals surface area contributed by atoms with Crippen molar-refractivity contribution in [1.82, 2.24) is 24.9 Å². The smallest absolute Gasteiger partial charge is 0.321 e. The van der Waals surface area contributed by atoms with Crippen LogP contribution in [0.1, 0.15) is 38.5 Å². The molecule has 0 spiro atoms. The summed E-state index contributed by atoms with van der Waals surface area (Å²) in [5.74, 6) is -1.11. The van der Waals surface area contributed by atoms with Gasteiger partial charge in [-0.3, -0.25) is 4.79 Å². The van der Waals surface area contributed by atoms with Crippen LogP contribution in [0.4, 0.5) is 0 Å². The van der Waals surface area contributed by atoms with Gasteiger partial charge in [-0.15, -0.1) is 5.10 Å². The molecule has 1 fully saturated rings. The lowest BCUT2D eigenvalue weighted by Crippen LogP contribution is -2.43. The lowest BCUT2D eigenvalue weighted by molar-refractivity contribution is -0.139. The second-order valence-corrected chi connectivity index (χ2v) is 7.51. The van der Waals surface area contributed by atoms with Gasteiger partial charge in [0.05, 0.1) is 12.3 Å². The molecule has 1 heterocycles. The lowest BCUT2D eigenvalue weighted by atomic mass is 9.85. The number of hydrogen-bond donors (Lipinski definition) is 2. The Hall–Kier alpha value is -1.55. The third-order valence-corrected chi connectivity index (χ3v) is 5.26. The van der Waals surface area contributed by atoms with E-state index in [2.05, 4.69) is 20.2 Å². The lowest BCUT2D eigenvalue weighted by Gasteiger charge is -2.25. The molecule has 0 bridgehead atoms. The number of rotatable bonds is 8. The number of tetrazole rings is 1. The highest BCUT2D eigenvalue weighted by Crippen LogP contribution is 2.27. The molecule has 0 radical (unpaired) electrons. The largest absolute Gasteiger partial charge is 0.480 e. The van der Waals surface area contributed by atoms with Crippen LogP contribution in [0.3, 0.4) is 0 Å². The molecule has 124 valence electrons. The molecule has 22 heavy (non-hydrogen) atoms. The average molecular weight is 331 g/mol. The maximum absolute atomic E-state index is 12.0. The molecule has 9 nitrogen and oxygen atoms in total. The van der Waals surface area contributed by atoms with E-state index in [1.54, 1.807) is 0 Å². The highest BCUT2D eigenvalue weighted by Gasteiger charge is 2.27. The molecule has 2 rings (SSSR count). The fourth-order valence-electron chi connectivity index (χ4n) is 2.73. The Kier molecular flexibility index (Phi) is 5.83. The number of carboxylic acids is 1. The Morgan fingerprint density at radius 2 is 2.09 bits per heavy atom. The normalized spacial score (nSPS) is 18.2. The number of carbonyl (C=O) groups is 1. The minimum Gasteiger partial charge on any atom is -0.480 e. The summed E-state index contributed by atoms with van der Waals surface area (Å²) >= 11 is 0. The zero-order chi connectivity index (χ0) is 16.0. The van der Waals surface area contributed by atoms with Gasteiger partial charge in [-0.25, -0.2) is 17.8 Å². The number of aliphatic carboxylic acids is 1. The van der Waals surface area contributed by atoms with Crippen LogP contribution in [0.25, 0.3) is 0 Å². The first kappa shape index (κ1) is 16.8. The van der Waals surface area contributed by atoms with Crippen molar-refractivity contribution in [1.29, 1.82) is 0 Å². The summed E-state index contributed by atoms with van der Waals surface area (Å²) in [5, 5.41) is 19.7. The molecule has 0 unspecified atom stereocenters. The Bertz CT molecular complexity index is 568. The third-order valence-electron chi connectivity index (χ3n) is 3.89. The minimum atomic E-state index is -3.70. The quantitative estimate of drug-likeness (QED) is 0.687. The van der Waals surface area contributed by atoms with Gasteiger partial charge >= 0.3 is 5.97 Å². The summed E-state index contributed by atoms with van der Waals surface area (Å²) in [6, 6.07) is -1.07. The van der Waals surface area contributed by atoms with E-state index in [1.165, 1.54) is 17.4 Å². The number of aryl methyl sites for hydroxylation is 1. The van der Waals surface area contributed by atoms with Gasteiger partial charge in [0.2, 0.25) is 10.0 Å². The second-order valence-electron chi connectivity index (χ2n) is 5.64. The van der Waals surface area contributed by atoms with E-state index in [9.17, 15) is 18.3 Å². The number of nitrogens with zero attached hydrogens (tertiary/aromatic N) is 4. The van der Waals surface area contributed by atoms with Crippen LogP contribution in [0.2, 0.25) is 0 Å². The molecule has 1 aromatic rings. The van der Waals surface area contributed by atoms with E-state index >= 15 is 0 Å². The van der Waals surface area contributed by atoms with E-state index in [0.29, 0.717) is 6.42 Å². The predicted molar refractivity (Wildman–Crippen MR) is 77.4 cm³/mol. The van der Waals surface area contributed by atoms with Crippen molar-refractivity contribution in [3.63, 3.8) is 0 Å². The number of nitrogens with one attached hydrogen (secondary N) is 1. The maximum atomic E-state index is 12.0. The molecule has 1 aliphatic carbocycles. The van der Waals surface area contributed by atoms with Crippen molar-refractivity contribution in [3.8, 4) is 0 Å². The van der Waals surface area contributed by atoms with Crippen molar-refractivity contribution in [2.24, 2.45) is 5.92 Å². The first-order valence-electron chi connectivity index (χ1n) is 7.40. The van der Waals surface area contributed by atoms with Crippen molar-refractivity contribution in [3.05, 3.63) is 6.33 Å². The first-order chi connectivity index (χ1) is 10.5. The Morgan fingerprint density at radius 1 is 1.36 bits per heavy atom. The standard InChI is InChI=1S/C12H21N5O4S/c18-12(19)11(8-10-4-2-1-3-5-10)14-22(20,21)7-6-17-9-13-15-16-17/h9-11,14H,1-8H2,(H,18,19)/t11-/m0/s1. The van der Waals surface area contributed by atoms with Gasteiger partial charge in [-0.1, -0.05) is 32.1 Å². The fraction of sp³-hybridized carbons (Fsp3) is 0.833. The van der Waals surface area contributed by atoms with E-state index < -0.39 is 22.0 Å². The summed E-state index contributed by atoms with van der Waals surface area (Å²) in [7, 11) is -3.70. The van der Waals surface area contributed by atoms with Crippen LogP contribution >= 0.6 is 0 Å². The van der Waals surface area contributed by atoms with Gasteiger partial charge in [-0.05, 0) is 22.8 Å². The topological polar surface area (TPSA) is 127 Å². The fourth-order valence-corrected chi connectivity index (χ4v) is 3.90. The molecule has 1 saturated carbocycles. The second kappa shape index (κ2) is 7.63. The van der Waals surface area contributed by atoms with Crippen LogP contribution in [-0.4, -0.2) is 51.5 Å². The highest BCUT2D eigenvalue weighted by molar-refractivity contribution is 7.89. The van der Waals surface area contributed by atoms with Gasteiger partial charge in [-0.2, -0.15) is 0 Å². The molecule has 0 amide bonds. The number of sulfonamides is 1. The van der Waals surface area contributed by atoms with E-state index in [4.69, 9.17) is 0 Å².